The summed E-state index contributed by atoms with van der Waals surface area (Å²) in [6.45, 7) is 2.40. The van der Waals surface area contributed by atoms with Gasteiger partial charge in [-0.05, 0) is 18.1 Å². The zero-order valence-electron chi connectivity index (χ0n) is 32.9. The molecular formula is C42H21BF20N2OS. The Labute approximate surface area is 368 Å². The molecule has 1 aromatic heterocycles. The zero-order valence-corrected chi connectivity index (χ0v) is 33.8. The molecule has 1 heterocycles. The maximum absolute atomic E-state index is 15.4. The van der Waals surface area contributed by atoms with Crippen molar-refractivity contribution in [3.63, 3.8) is 0 Å². The SMILES string of the molecule is CC(S)CCC=Cc1cncc[n+]1CC(=O)c1ccccc1.Fc1c(F)c(F)c([B-](c2c(F)c(F)c(F)c(F)c2F)(c2c(F)c(F)c(F)c(F)c2F)c2c(F)c(F)c(F)c(F)c2F)c(F)c1F. The first-order chi connectivity index (χ1) is 31.4. The van der Waals surface area contributed by atoms with Crippen molar-refractivity contribution in [2.75, 3.05) is 0 Å². The van der Waals surface area contributed by atoms with Gasteiger partial charge >= 0.3 is 0 Å². The van der Waals surface area contributed by atoms with Gasteiger partial charge in [0, 0.05) is 11.6 Å². The summed E-state index contributed by atoms with van der Waals surface area (Å²) in [6, 6.07) is 9.35. The first-order valence-corrected chi connectivity index (χ1v) is 18.9. The summed E-state index contributed by atoms with van der Waals surface area (Å²) in [6.07, 6.45) is 4.21. The molecule has 0 N–H and O–H groups in total. The molecule has 0 bridgehead atoms. The van der Waals surface area contributed by atoms with E-state index in [-0.39, 0.29) is 5.78 Å². The molecule has 1 atom stereocenters. The van der Waals surface area contributed by atoms with Gasteiger partial charge in [-0.15, -0.1) is 21.9 Å². The number of allylic oxidation sites excluding steroid dienone is 1. The smallest absolute Gasteiger partial charge is 0.227 e. The highest BCUT2D eigenvalue weighted by atomic mass is 32.1. The van der Waals surface area contributed by atoms with Crippen LogP contribution in [0.3, 0.4) is 0 Å². The molecule has 3 nitrogen and oxygen atoms in total. The second-order valence-corrected chi connectivity index (χ2v) is 14.9. The minimum Gasteiger partial charge on any atom is -0.287 e. The van der Waals surface area contributed by atoms with Crippen LogP contribution in [0.5, 0.6) is 0 Å². The van der Waals surface area contributed by atoms with Crippen molar-refractivity contribution in [2.24, 2.45) is 0 Å². The Morgan fingerprint density at radius 3 is 1.16 bits per heavy atom. The highest BCUT2D eigenvalue weighted by molar-refractivity contribution is 7.80. The van der Waals surface area contributed by atoms with Gasteiger partial charge < -0.3 is 0 Å². The molecule has 354 valence electrons. The summed E-state index contributed by atoms with van der Waals surface area (Å²) in [7, 11) is 0. The maximum Gasteiger partial charge on any atom is 0.227 e. The molecule has 0 fully saturated rings. The highest BCUT2D eigenvalue weighted by Crippen LogP contribution is 2.31. The van der Waals surface area contributed by atoms with Crippen molar-refractivity contribution in [1.82, 2.24) is 4.98 Å². The van der Waals surface area contributed by atoms with E-state index in [0.29, 0.717) is 11.8 Å². The van der Waals surface area contributed by atoms with Crippen molar-refractivity contribution in [2.45, 2.75) is 31.6 Å². The number of nitrogens with zero attached hydrogens (tertiary/aromatic N) is 2. The molecule has 1 unspecified atom stereocenters. The van der Waals surface area contributed by atoms with Crippen molar-refractivity contribution < 1.29 is 97.2 Å². The van der Waals surface area contributed by atoms with Gasteiger partial charge in [-0.2, -0.15) is 17.2 Å². The van der Waals surface area contributed by atoms with Gasteiger partial charge in [0.1, 0.15) is 52.7 Å². The van der Waals surface area contributed by atoms with Gasteiger partial charge in [0.05, 0.1) is 12.4 Å². The van der Waals surface area contributed by atoms with Crippen LogP contribution in [0, 0.1) is 116 Å². The number of hydrogen-bond donors (Lipinski definition) is 1. The van der Waals surface area contributed by atoms with E-state index in [2.05, 4.69) is 30.6 Å². The number of rotatable bonds is 11. The predicted octanol–water partition coefficient (Wildman–Crippen LogP) is 9.21. The van der Waals surface area contributed by atoms with Gasteiger partial charge in [-0.25, -0.2) is 87.8 Å². The molecule has 0 aliphatic rings. The van der Waals surface area contributed by atoms with E-state index in [0.717, 1.165) is 24.1 Å². The predicted molar refractivity (Wildman–Crippen MR) is 201 cm³/mol. The van der Waals surface area contributed by atoms with Crippen LogP contribution in [0.15, 0.2) is 55.0 Å². The Balaban J connectivity index is 0.000000319. The average Bonchev–Trinajstić information content (AvgIpc) is 3.31. The molecular weight excluding hydrogens is 971 g/mol. The lowest BCUT2D eigenvalue weighted by molar-refractivity contribution is -0.685. The number of benzene rings is 5. The molecule has 0 saturated heterocycles. The van der Waals surface area contributed by atoms with Crippen LogP contribution in [0.4, 0.5) is 87.8 Å². The maximum atomic E-state index is 15.4. The third kappa shape index (κ3) is 9.08. The number of Topliss-reactive ketones (excluding diaryl/α,β-unsaturated/α-hetero) is 1. The minimum absolute atomic E-state index is 0.0930. The monoisotopic (exact) mass is 992 g/mol. The first kappa shape index (κ1) is 51.6. The van der Waals surface area contributed by atoms with E-state index in [9.17, 15) is 57.5 Å². The van der Waals surface area contributed by atoms with Gasteiger partial charge in [0.15, 0.2) is 76.0 Å². The molecule has 6 rings (SSSR count). The number of carbonyl (C=O) groups is 1. The number of carbonyl (C=O) groups excluding carboxylic acids is 1. The third-order valence-corrected chi connectivity index (χ3v) is 10.3. The van der Waals surface area contributed by atoms with E-state index < -0.39 is 144 Å². The lowest BCUT2D eigenvalue weighted by Gasteiger charge is -2.44. The van der Waals surface area contributed by atoms with Crippen molar-refractivity contribution in [3.8, 4) is 0 Å². The van der Waals surface area contributed by atoms with Gasteiger partial charge in [0.25, 0.3) is 0 Å². The van der Waals surface area contributed by atoms with Crippen LogP contribution < -0.4 is 26.4 Å². The van der Waals surface area contributed by atoms with E-state index >= 15 is 35.1 Å². The van der Waals surface area contributed by atoms with Crippen LogP contribution in [-0.2, 0) is 6.54 Å². The van der Waals surface area contributed by atoms with E-state index in [1.807, 2.05) is 47.2 Å². The Morgan fingerprint density at radius 2 is 0.851 bits per heavy atom. The quantitative estimate of drug-likeness (QED) is 0.0268. The molecule has 0 amide bonds. The number of thiol groups is 1. The van der Waals surface area contributed by atoms with Gasteiger partial charge in [0.2, 0.25) is 18.0 Å². The fourth-order valence-electron chi connectivity index (χ4n) is 6.97. The molecule has 5 aromatic carbocycles. The standard InChI is InChI=1S/C24BF20.C18H20N2OS/c26-5-1(6(27)14(35)21(42)13(5)34)25(2-7(28)15(36)22(43)16(37)8(2)29,3-9(30)17(38)23(44)18(39)10(3)31)4-11(32)19(40)24(45)20(41)12(4)33;1-15(22)7-5-6-10-17-13-19-11-12-20(17)14-18(21)16-8-3-2-4-9-16/h;2-4,6,8-13,15H,5,7,14H2,1H3/q-1;/p+1. The fraction of sp³-hybridized carbons (Fsp3) is 0.119. The lowest BCUT2D eigenvalue weighted by atomic mass is 9.12. The second-order valence-electron chi connectivity index (χ2n) is 14.0. The lowest BCUT2D eigenvalue weighted by Crippen LogP contribution is -2.81. The Bertz CT molecular complexity index is 2570. The summed E-state index contributed by atoms with van der Waals surface area (Å²) in [5.74, 6) is -71.3. The van der Waals surface area contributed by atoms with Crippen LogP contribution in [0.25, 0.3) is 6.08 Å². The Kier molecular flexibility index (Phi) is 15.6. The number of aromatic nitrogens is 2. The van der Waals surface area contributed by atoms with E-state index in [4.69, 9.17) is 0 Å². The summed E-state index contributed by atoms with van der Waals surface area (Å²) in [4.78, 5) is 16.5. The molecule has 0 radical (unpaired) electrons. The normalized spacial score (nSPS) is 12.1. The zero-order chi connectivity index (χ0) is 50.1. The van der Waals surface area contributed by atoms with Crippen molar-refractivity contribution >= 4 is 52.5 Å². The average molecular weight is 992 g/mol. The molecule has 0 saturated carbocycles. The van der Waals surface area contributed by atoms with Crippen LogP contribution in [0.2, 0.25) is 0 Å². The van der Waals surface area contributed by atoms with E-state index in [1.54, 1.807) is 12.4 Å². The van der Waals surface area contributed by atoms with Crippen LogP contribution in [-0.4, -0.2) is 22.2 Å². The summed E-state index contributed by atoms with van der Waals surface area (Å²) in [5.41, 5.74) is -12.7. The summed E-state index contributed by atoms with van der Waals surface area (Å²) in [5, 5.41) is 0.394. The largest absolute Gasteiger partial charge is 0.287 e. The number of hydrogen-bond acceptors (Lipinski definition) is 3. The number of ketones is 1. The number of halogens is 20. The summed E-state index contributed by atoms with van der Waals surface area (Å²) >= 11 is 4.37. The molecule has 67 heavy (non-hydrogen) atoms. The second kappa shape index (κ2) is 20.2. The molecule has 25 heteroatoms. The van der Waals surface area contributed by atoms with Crippen molar-refractivity contribution in [3.05, 3.63) is 183 Å². The van der Waals surface area contributed by atoms with E-state index in [1.165, 1.54) is 0 Å². The molecule has 0 spiro atoms. The third-order valence-electron chi connectivity index (χ3n) is 10.0. The highest BCUT2D eigenvalue weighted by Gasteiger charge is 2.52. The molecule has 0 aliphatic heterocycles. The van der Waals surface area contributed by atoms with Gasteiger partial charge in [-0.3, -0.25) is 9.78 Å². The fourth-order valence-corrected chi connectivity index (χ4v) is 7.12. The summed E-state index contributed by atoms with van der Waals surface area (Å²) < 4.78 is 296. The molecule has 6 aromatic rings. The topological polar surface area (TPSA) is 33.8 Å². The van der Waals surface area contributed by atoms with Crippen LogP contribution >= 0.6 is 12.6 Å². The van der Waals surface area contributed by atoms with Gasteiger partial charge in [-0.1, -0.05) is 43.3 Å². The van der Waals surface area contributed by atoms with Crippen LogP contribution in [0.1, 0.15) is 35.8 Å². The minimum atomic E-state index is -7.22. The Hall–Kier alpha value is -6.40. The molecule has 0 aliphatic carbocycles. The van der Waals surface area contributed by atoms with Crippen molar-refractivity contribution in [1.29, 1.82) is 0 Å². The Morgan fingerprint density at radius 1 is 0.537 bits per heavy atom. The first-order valence-electron chi connectivity index (χ1n) is 18.4.